The van der Waals surface area contributed by atoms with E-state index in [0.717, 1.165) is 34.9 Å². The molecule has 2 atom stereocenters. The summed E-state index contributed by atoms with van der Waals surface area (Å²) in [4.78, 5) is 12.6. The van der Waals surface area contributed by atoms with Gasteiger partial charge in [-0.15, -0.1) is 5.10 Å². The van der Waals surface area contributed by atoms with Gasteiger partial charge in [-0.2, -0.15) is 5.21 Å². The third-order valence-electron chi connectivity index (χ3n) is 6.64. The Morgan fingerprint density at radius 2 is 1.65 bits per heavy atom. The van der Waals surface area contributed by atoms with Crippen molar-refractivity contribution in [3.63, 3.8) is 0 Å². The van der Waals surface area contributed by atoms with Crippen LogP contribution in [0.2, 0.25) is 5.02 Å². The second-order valence-corrected chi connectivity index (χ2v) is 9.35. The number of amides is 1. The highest BCUT2D eigenvalue weighted by atomic mass is 35.5. The molecule has 1 unspecified atom stereocenters. The van der Waals surface area contributed by atoms with Crippen LogP contribution in [0.5, 0.6) is 0 Å². The molecule has 37 heavy (non-hydrogen) atoms. The standard InChI is InChI=1S/C29H25ClFN5O/c1-2-5-22(18-8-10-20(11-9-18)28(37)32-29-33-35-36-34-29)27(19-12-14-21(30)15-13-19)25-16-17-26(31)24-7-4-3-6-23(24)25/h3-4,6-17,22,27H,2,5H2,1H3,(H2,32,33,34,35,36,37)/t22-,27?/m1/s1. The lowest BCUT2D eigenvalue weighted by Crippen LogP contribution is -2.15. The number of aromatic nitrogens is 4. The number of rotatable bonds is 8. The third-order valence-corrected chi connectivity index (χ3v) is 6.89. The number of nitrogens with one attached hydrogen (secondary N) is 2. The molecule has 1 heterocycles. The van der Waals surface area contributed by atoms with Crippen LogP contribution in [0.15, 0.2) is 84.9 Å². The molecule has 0 bridgehead atoms. The van der Waals surface area contributed by atoms with Crippen LogP contribution in [0.25, 0.3) is 10.8 Å². The molecule has 8 heteroatoms. The third kappa shape index (κ3) is 5.22. The van der Waals surface area contributed by atoms with Crippen molar-refractivity contribution < 1.29 is 9.18 Å². The van der Waals surface area contributed by atoms with Gasteiger partial charge in [-0.1, -0.05) is 84.6 Å². The first-order valence-corrected chi connectivity index (χ1v) is 12.5. The van der Waals surface area contributed by atoms with Crippen molar-refractivity contribution in [1.82, 2.24) is 20.6 Å². The highest BCUT2D eigenvalue weighted by molar-refractivity contribution is 6.30. The molecular formula is C29H25ClFN5O. The zero-order chi connectivity index (χ0) is 25.8. The van der Waals surface area contributed by atoms with E-state index in [1.165, 1.54) is 0 Å². The smallest absolute Gasteiger partial charge is 0.270 e. The topological polar surface area (TPSA) is 83.6 Å². The second-order valence-electron chi connectivity index (χ2n) is 8.92. The maximum absolute atomic E-state index is 14.7. The minimum Gasteiger partial charge on any atom is -0.288 e. The molecule has 186 valence electrons. The van der Waals surface area contributed by atoms with Gasteiger partial charge < -0.3 is 0 Å². The molecule has 1 amide bonds. The summed E-state index contributed by atoms with van der Waals surface area (Å²) in [5.74, 6) is -0.419. The van der Waals surface area contributed by atoms with E-state index in [2.05, 4.69) is 32.9 Å². The van der Waals surface area contributed by atoms with Gasteiger partial charge in [0.2, 0.25) is 0 Å². The summed E-state index contributed by atoms with van der Waals surface area (Å²) in [5, 5.41) is 18.1. The van der Waals surface area contributed by atoms with Crippen molar-refractivity contribution in [1.29, 1.82) is 0 Å². The number of nitrogens with zero attached hydrogens (tertiary/aromatic N) is 3. The first-order chi connectivity index (χ1) is 18.0. The Labute approximate surface area is 218 Å². The Morgan fingerprint density at radius 3 is 2.32 bits per heavy atom. The molecule has 1 aromatic heterocycles. The SMILES string of the molecule is CCC[C@H](c1ccc(C(=O)Nc2nn[nH]n2)cc1)C(c1ccc(Cl)cc1)c1ccc(F)c2ccccc12. The predicted molar refractivity (Wildman–Crippen MR) is 143 cm³/mol. The van der Waals surface area contributed by atoms with Gasteiger partial charge in [0.25, 0.3) is 11.9 Å². The van der Waals surface area contributed by atoms with Gasteiger partial charge in [0.15, 0.2) is 0 Å². The summed E-state index contributed by atoms with van der Waals surface area (Å²) in [6.07, 6.45) is 1.85. The van der Waals surface area contributed by atoms with E-state index in [1.54, 1.807) is 18.2 Å². The second kappa shape index (κ2) is 10.9. The molecule has 5 rings (SSSR count). The Morgan fingerprint density at radius 1 is 0.946 bits per heavy atom. The van der Waals surface area contributed by atoms with Gasteiger partial charge in [-0.3, -0.25) is 10.1 Å². The molecule has 0 radical (unpaired) electrons. The van der Waals surface area contributed by atoms with E-state index in [0.29, 0.717) is 16.0 Å². The minimum atomic E-state index is -0.321. The number of H-pyrrole nitrogens is 1. The Hall–Kier alpha value is -4.10. The van der Waals surface area contributed by atoms with Crippen LogP contribution in [0, 0.1) is 5.82 Å². The van der Waals surface area contributed by atoms with Crippen LogP contribution < -0.4 is 5.32 Å². The van der Waals surface area contributed by atoms with E-state index < -0.39 is 0 Å². The normalized spacial score (nSPS) is 12.8. The molecule has 5 aromatic rings. The molecule has 2 N–H and O–H groups in total. The van der Waals surface area contributed by atoms with Gasteiger partial charge in [0.05, 0.1) is 0 Å². The Bertz CT molecular complexity index is 1500. The van der Waals surface area contributed by atoms with E-state index in [4.69, 9.17) is 11.6 Å². The number of tetrazole rings is 1. The van der Waals surface area contributed by atoms with Crippen LogP contribution >= 0.6 is 11.6 Å². The number of hydrogen-bond acceptors (Lipinski definition) is 4. The fraction of sp³-hybridized carbons (Fsp3) is 0.172. The average molecular weight is 514 g/mol. The maximum atomic E-state index is 14.7. The van der Waals surface area contributed by atoms with E-state index in [-0.39, 0.29) is 29.5 Å². The number of carbonyl (C=O) groups is 1. The molecule has 0 aliphatic carbocycles. The van der Waals surface area contributed by atoms with Gasteiger partial charge in [0.1, 0.15) is 5.82 Å². The molecule has 0 saturated carbocycles. The predicted octanol–water partition coefficient (Wildman–Crippen LogP) is 7.11. The van der Waals surface area contributed by atoms with Crippen molar-refractivity contribution in [3.05, 3.63) is 118 Å². The van der Waals surface area contributed by atoms with Gasteiger partial charge >= 0.3 is 0 Å². The number of hydrogen-bond donors (Lipinski definition) is 2. The Kier molecular flexibility index (Phi) is 7.23. The van der Waals surface area contributed by atoms with Crippen molar-refractivity contribution >= 4 is 34.2 Å². The molecule has 0 spiro atoms. The molecule has 6 nitrogen and oxygen atoms in total. The summed E-state index contributed by atoms with van der Waals surface area (Å²) in [6.45, 7) is 2.15. The number of fused-ring (bicyclic) bond motifs is 1. The molecule has 4 aromatic carbocycles. The highest BCUT2D eigenvalue weighted by Gasteiger charge is 2.28. The number of halogens is 2. The lowest BCUT2D eigenvalue weighted by molar-refractivity contribution is 0.102. The molecular weight excluding hydrogens is 489 g/mol. The highest BCUT2D eigenvalue weighted by Crippen LogP contribution is 2.44. The van der Waals surface area contributed by atoms with Gasteiger partial charge in [-0.05, 0) is 70.0 Å². The lowest BCUT2D eigenvalue weighted by atomic mass is 9.74. The number of benzene rings is 4. The summed E-state index contributed by atoms with van der Waals surface area (Å²) < 4.78 is 14.7. The van der Waals surface area contributed by atoms with Gasteiger partial charge in [-0.25, -0.2) is 4.39 Å². The van der Waals surface area contributed by atoms with Crippen LogP contribution in [0.4, 0.5) is 10.3 Å². The zero-order valence-corrected chi connectivity index (χ0v) is 20.9. The van der Waals surface area contributed by atoms with Crippen molar-refractivity contribution in [2.75, 3.05) is 5.32 Å². The minimum absolute atomic E-state index is 0.0540. The summed E-state index contributed by atoms with van der Waals surface area (Å²) in [6, 6.07) is 26.5. The summed E-state index contributed by atoms with van der Waals surface area (Å²) >= 11 is 6.23. The fourth-order valence-corrected chi connectivity index (χ4v) is 5.09. The van der Waals surface area contributed by atoms with Crippen LogP contribution in [-0.4, -0.2) is 26.5 Å². The quantitative estimate of drug-likeness (QED) is 0.231. The van der Waals surface area contributed by atoms with Crippen molar-refractivity contribution in [2.24, 2.45) is 0 Å². The zero-order valence-electron chi connectivity index (χ0n) is 20.2. The van der Waals surface area contributed by atoms with Crippen LogP contribution in [-0.2, 0) is 0 Å². The first kappa shape index (κ1) is 24.6. The molecule has 0 saturated heterocycles. The number of carbonyl (C=O) groups excluding carboxylic acids is 1. The fourth-order valence-electron chi connectivity index (χ4n) is 4.96. The summed E-state index contributed by atoms with van der Waals surface area (Å²) in [5.41, 5.74) is 3.72. The van der Waals surface area contributed by atoms with Crippen molar-refractivity contribution in [3.8, 4) is 0 Å². The molecule has 0 aliphatic heterocycles. The Balaban J connectivity index is 1.58. The lowest BCUT2D eigenvalue weighted by Gasteiger charge is -2.30. The summed E-state index contributed by atoms with van der Waals surface area (Å²) in [7, 11) is 0. The molecule has 0 fully saturated rings. The average Bonchev–Trinajstić information content (AvgIpc) is 3.44. The molecule has 0 aliphatic rings. The number of aromatic amines is 1. The van der Waals surface area contributed by atoms with E-state index in [9.17, 15) is 9.18 Å². The largest absolute Gasteiger partial charge is 0.288 e. The van der Waals surface area contributed by atoms with E-state index >= 15 is 0 Å². The van der Waals surface area contributed by atoms with Crippen LogP contribution in [0.3, 0.4) is 0 Å². The first-order valence-electron chi connectivity index (χ1n) is 12.1. The van der Waals surface area contributed by atoms with Gasteiger partial charge in [0, 0.05) is 21.9 Å². The number of anilines is 1. The van der Waals surface area contributed by atoms with E-state index in [1.807, 2.05) is 66.7 Å². The monoisotopic (exact) mass is 513 g/mol. The van der Waals surface area contributed by atoms with Crippen LogP contribution in [0.1, 0.15) is 58.6 Å². The van der Waals surface area contributed by atoms with Crippen molar-refractivity contribution in [2.45, 2.75) is 31.6 Å². The maximum Gasteiger partial charge on any atom is 0.270 e.